The number of hydrogen-bond donors (Lipinski definition) is 1. The summed E-state index contributed by atoms with van der Waals surface area (Å²) >= 11 is 0. The first-order valence-corrected chi connectivity index (χ1v) is 8.20. The maximum atomic E-state index is 12.6. The smallest absolute Gasteiger partial charge is 0.343 e. The van der Waals surface area contributed by atoms with Gasteiger partial charge in [-0.25, -0.2) is 4.79 Å². The predicted molar refractivity (Wildman–Crippen MR) is 97.2 cm³/mol. The molecule has 3 aromatic rings. The van der Waals surface area contributed by atoms with Crippen LogP contribution in [0.5, 0.6) is 5.75 Å². The average molecular weight is 336 g/mol. The van der Waals surface area contributed by atoms with Gasteiger partial charge in [0, 0.05) is 12.3 Å². The molecule has 0 aliphatic rings. The van der Waals surface area contributed by atoms with Gasteiger partial charge in [0.15, 0.2) is 0 Å². The second kappa shape index (κ2) is 6.55. The zero-order valence-corrected chi connectivity index (χ0v) is 14.5. The van der Waals surface area contributed by atoms with E-state index in [0.29, 0.717) is 11.0 Å². The Balaban J connectivity index is 2.33. The van der Waals surface area contributed by atoms with Crippen molar-refractivity contribution in [1.29, 1.82) is 0 Å². The fraction of sp³-hybridized carbons (Fsp3) is 0.238. The summed E-state index contributed by atoms with van der Waals surface area (Å²) in [7, 11) is 0. The number of ketones is 1. The van der Waals surface area contributed by atoms with Crippen molar-refractivity contribution in [2.45, 2.75) is 33.1 Å². The fourth-order valence-corrected chi connectivity index (χ4v) is 3.22. The Labute approximate surface area is 145 Å². The van der Waals surface area contributed by atoms with Gasteiger partial charge in [-0.2, -0.15) is 0 Å². The second-order valence-electron chi connectivity index (χ2n) is 6.40. The van der Waals surface area contributed by atoms with Gasteiger partial charge >= 0.3 is 5.63 Å². The van der Waals surface area contributed by atoms with E-state index in [2.05, 4.69) is 0 Å². The van der Waals surface area contributed by atoms with Crippen LogP contribution in [0.2, 0.25) is 0 Å². The summed E-state index contributed by atoms with van der Waals surface area (Å²) in [6.07, 6.45) is 0.124. The number of carbonyl (C=O) groups excluding carboxylic acids is 1. The van der Waals surface area contributed by atoms with Crippen LogP contribution in [-0.2, 0) is 4.79 Å². The molecule has 0 radical (unpaired) electrons. The molecular weight excluding hydrogens is 316 g/mol. The lowest BCUT2D eigenvalue weighted by Crippen LogP contribution is -2.16. The number of hydrogen-bond acceptors (Lipinski definition) is 4. The van der Waals surface area contributed by atoms with Gasteiger partial charge in [-0.1, -0.05) is 36.4 Å². The van der Waals surface area contributed by atoms with Crippen molar-refractivity contribution < 1.29 is 14.3 Å². The Morgan fingerprint density at radius 3 is 2.44 bits per heavy atom. The van der Waals surface area contributed by atoms with Crippen molar-refractivity contribution >= 4 is 16.8 Å². The summed E-state index contributed by atoms with van der Waals surface area (Å²) in [6.45, 7) is 5.29. The van der Waals surface area contributed by atoms with E-state index in [1.807, 2.05) is 50.2 Å². The summed E-state index contributed by atoms with van der Waals surface area (Å²) in [5, 5.41) is 11.4. The molecule has 0 saturated heterocycles. The molecule has 2 aromatic carbocycles. The average Bonchev–Trinajstić information content (AvgIpc) is 2.57. The third-order valence-corrected chi connectivity index (χ3v) is 4.65. The van der Waals surface area contributed by atoms with Crippen LogP contribution in [0.15, 0.2) is 51.7 Å². The summed E-state index contributed by atoms with van der Waals surface area (Å²) in [6, 6.07) is 12.8. The highest BCUT2D eigenvalue weighted by Gasteiger charge is 2.26. The third kappa shape index (κ3) is 3.07. The minimum Gasteiger partial charge on any atom is -0.507 e. The van der Waals surface area contributed by atoms with E-state index >= 15 is 0 Å². The van der Waals surface area contributed by atoms with Crippen LogP contribution < -0.4 is 5.63 Å². The van der Waals surface area contributed by atoms with E-state index in [-0.39, 0.29) is 23.5 Å². The summed E-state index contributed by atoms with van der Waals surface area (Å²) in [4.78, 5) is 24.4. The van der Waals surface area contributed by atoms with Crippen LogP contribution in [0, 0.1) is 13.8 Å². The first kappa shape index (κ1) is 17.0. The number of fused-ring (bicyclic) bond motifs is 1. The standard InChI is InChI=1S/C21H20O4/c1-12-9-10-17-18(14(12)3)20(23)19(21(24)25-17)16(11-13(2)22)15-7-5-4-6-8-15/h4-10,16,23H,11H2,1-3H3. The first-order chi connectivity index (χ1) is 11.9. The molecule has 0 amide bonds. The van der Waals surface area contributed by atoms with Crippen molar-refractivity contribution in [1.82, 2.24) is 0 Å². The minimum absolute atomic E-state index is 0.0614. The summed E-state index contributed by atoms with van der Waals surface area (Å²) in [5.41, 5.74) is 2.53. The van der Waals surface area contributed by atoms with Crippen LogP contribution in [0.3, 0.4) is 0 Å². The normalized spacial score (nSPS) is 12.3. The molecule has 1 aromatic heterocycles. The molecule has 3 rings (SSSR count). The van der Waals surface area contributed by atoms with Crippen LogP contribution in [-0.4, -0.2) is 10.9 Å². The Bertz CT molecular complexity index is 1000. The topological polar surface area (TPSA) is 67.5 Å². The molecule has 0 aliphatic carbocycles. The van der Waals surface area contributed by atoms with Crippen molar-refractivity contribution in [3.63, 3.8) is 0 Å². The molecule has 4 heteroatoms. The monoisotopic (exact) mass is 336 g/mol. The maximum absolute atomic E-state index is 12.6. The molecule has 0 saturated carbocycles. The van der Waals surface area contributed by atoms with Gasteiger partial charge < -0.3 is 9.52 Å². The van der Waals surface area contributed by atoms with Crippen LogP contribution >= 0.6 is 0 Å². The van der Waals surface area contributed by atoms with Crippen molar-refractivity contribution in [3.8, 4) is 5.75 Å². The van der Waals surface area contributed by atoms with E-state index in [1.165, 1.54) is 6.92 Å². The Hall–Kier alpha value is -2.88. The highest BCUT2D eigenvalue weighted by molar-refractivity contribution is 5.89. The van der Waals surface area contributed by atoms with Crippen molar-refractivity contribution in [2.24, 2.45) is 0 Å². The number of benzene rings is 2. The Morgan fingerprint density at radius 1 is 1.12 bits per heavy atom. The molecule has 0 aliphatic heterocycles. The number of aryl methyl sites for hydroxylation is 2. The summed E-state index contributed by atoms with van der Waals surface area (Å²) < 4.78 is 5.47. The predicted octanol–water partition coefficient (Wildman–Crippen LogP) is 4.23. The number of carbonyl (C=O) groups is 1. The van der Waals surface area contributed by atoms with Crippen LogP contribution in [0.25, 0.3) is 11.0 Å². The molecular formula is C21H20O4. The van der Waals surface area contributed by atoms with Gasteiger partial charge in [-0.15, -0.1) is 0 Å². The van der Waals surface area contributed by atoms with Crippen molar-refractivity contribution in [3.05, 3.63) is 75.1 Å². The molecule has 128 valence electrons. The van der Waals surface area contributed by atoms with Gasteiger partial charge in [0.05, 0.1) is 10.9 Å². The van der Waals surface area contributed by atoms with E-state index in [4.69, 9.17) is 4.42 Å². The fourth-order valence-electron chi connectivity index (χ4n) is 3.22. The molecule has 1 unspecified atom stereocenters. The molecule has 1 N–H and O–H groups in total. The molecule has 1 heterocycles. The Kier molecular flexibility index (Phi) is 4.45. The lowest BCUT2D eigenvalue weighted by molar-refractivity contribution is -0.117. The molecule has 25 heavy (non-hydrogen) atoms. The maximum Gasteiger partial charge on any atom is 0.343 e. The lowest BCUT2D eigenvalue weighted by Gasteiger charge is -2.18. The van der Waals surface area contributed by atoms with Gasteiger partial charge in [-0.3, -0.25) is 4.79 Å². The highest BCUT2D eigenvalue weighted by Crippen LogP contribution is 2.38. The van der Waals surface area contributed by atoms with Gasteiger partial charge in [-0.05, 0) is 43.5 Å². The van der Waals surface area contributed by atoms with Crippen LogP contribution in [0.1, 0.15) is 41.5 Å². The Morgan fingerprint density at radius 2 is 1.80 bits per heavy atom. The van der Waals surface area contributed by atoms with Gasteiger partial charge in [0.2, 0.25) is 0 Å². The number of Topliss-reactive ketones (excluding diaryl/α,β-unsaturated/α-hetero) is 1. The largest absolute Gasteiger partial charge is 0.507 e. The number of rotatable bonds is 4. The molecule has 0 fully saturated rings. The highest BCUT2D eigenvalue weighted by atomic mass is 16.4. The van der Waals surface area contributed by atoms with Gasteiger partial charge in [0.1, 0.15) is 17.1 Å². The molecule has 4 nitrogen and oxygen atoms in total. The second-order valence-corrected chi connectivity index (χ2v) is 6.40. The van der Waals surface area contributed by atoms with Gasteiger partial charge in [0.25, 0.3) is 0 Å². The van der Waals surface area contributed by atoms with E-state index in [9.17, 15) is 14.7 Å². The quantitative estimate of drug-likeness (QED) is 0.724. The zero-order valence-electron chi connectivity index (χ0n) is 14.5. The van der Waals surface area contributed by atoms with Crippen LogP contribution in [0.4, 0.5) is 0 Å². The third-order valence-electron chi connectivity index (χ3n) is 4.65. The number of aromatic hydroxyl groups is 1. The lowest BCUT2D eigenvalue weighted by atomic mass is 9.86. The van der Waals surface area contributed by atoms with E-state index in [0.717, 1.165) is 16.7 Å². The molecule has 1 atom stereocenters. The summed E-state index contributed by atoms with van der Waals surface area (Å²) in [5.74, 6) is -0.699. The SMILES string of the molecule is CC(=O)CC(c1ccccc1)c1c(O)c2c(C)c(C)ccc2oc1=O. The minimum atomic E-state index is -0.608. The first-order valence-electron chi connectivity index (χ1n) is 8.20. The molecule has 0 bridgehead atoms. The van der Waals surface area contributed by atoms with E-state index < -0.39 is 11.5 Å². The van der Waals surface area contributed by atoms with Crippen molar-refractivity contribution in [2.75, 3.05) is 0 Å². The zero-order chi connectivity index (χ0) is 18.1. The molecule has 0 spiro atoms. The van der Waals surface area contributed by atoms with E-state index in [1.54, 1.807) is 6.07 Å².